The van der Waals surface area contributed by atoms with E-state index in [4.69, 9.17) is 31.2 Å². The molecule has 1 N–H and O–H groups in total. The number of nitrogens with one attached hydrogen (secondary N) is 1. The van der Waals surface area contributed by atoms with Crippen LogP contribution in [0.3, 0.4) is 0 Å². The van der Waals surface area contributed by atoms with Crippen LogP contribution in [-0.2, 0) is 16.0 Å². The smallest absolute Gasteiger partial charge is 0.212 e. The molecule has 0 amide bonds. The average Bonchev–Trinajstić information content (AvgIpc) is 2.68. The monoisotopic (exact) mass is 374 g/mol. The number of morpholine rings is 1. The highest BCUT2D eigenvalue weighted by Crippen LogP contribution is 2.29. The second kappa shape index (κ2) is 8.54. The van der Waals surface area contributed by atoms with Crippen molar-refractivity contribution in [2.24, 2.45) is 0 Å². The van der Waals surface area contributed by atoms with Crippen molar-refractivity contribution < 1.29 is 14.2 Å². The summed E-state index contributed by atoms with van der Waals surface area (Å²) < 4.78 is 16.0. The minimum absolute atomic E-state index is 0.0768. The molecule has 1 aliphatic rings. The van der Waals surface area contributed by atoms with Crippen molar-refractivity contribution >= 4 is 17.5 Å². The quantitative estimate of drug-likeness (QED) is 0.637. The van der Waals surface area contributed by atoms with Crippen molar-refractivity contribution in [2.75, 3.05) is 34.0 Å². The van der Waals surface area contributed by atoms with E-state index >= 15 is 0 Å². The minimum Gasteiger partial charge on any atom is -0.497 e. The summed E-state index contributed by atoms with van der Waals surface area (Å²) in [5, 5.41) is 8.51. The highest BCUT2D eigenvalue weighted by atomic mass is 35.5. The molecular formula is C20H23ClN2O3. The lowest BCUT2D eigenvalue weighted by atomic mass is 10.0. The largest absolute Gasteiger partial charge is 0.497 e. The third-order valence-electron chi connectivity index (χ3n) is 4.56. The summed E-state index contributed by atoms with van der Waals surface area (Å²) in [6.45, 7) is 2.94. The fourth-order valence-electron chi connectivity index (χ4n) is 3.15. The van der Waals surface area contributed by atoms with Crippen LogP contribution in [0.4, 0.5) is 0 Å². The Labute approximate surface area is 158 Å². The first-order valence-corrected chi connectivity index (χ1v) is 8.86. The molecule has 0 bridgehead atoms. The SMILES string of the molecule is COC(=N)c1cc(Cl)cc([C@@H]2COCCN2Cc2ccc(OC)cc2)c1. The lowest BCUT2D eigenvalue weighted by Crippen LogP contribution is -2.39. The van der Waals surface area contributed by atoms with Crippen molar-refractivity contribution in [3.05, 3.63) is 64.2 Å². The van der Waals surface area contributed by atoms with Crippen LogP contribution in [0, 0.1) is 5.41 Å². The van der Waals surface area contributed by atoms with Gasteiger partial charge in [0, 0.05) is 23.7 Å². The molecule has 0 radical (unpaired) electrons. The van der Waals surface area contributed by atoms with Gasteiger partial charge in [0.05, 0.1) is 33.5 Å². The van der Waals surface area contributed by atoms with Gasteiger partial charge in [-0.1, -0.05) is 23.7 Å². The van der Waals surface area contributed by atoms with E-state index in [0.29, 0.717) is 23.8 Å². The third-order valence-corrected chi connectivity index (χ3v) is 4.77. The summed E-state index contributed by atoms with van der Waals surface area (Å²) in [5.74, 6) is 0.956. The van der Waals surface area contributed by atoms with Gasteiger partial charge >= 0.3 is 0 Å². The van der Waals surface area contributed by atoms with Crippen LogP contribution < -0.4 is 4.74 Å². The zero-order valence-corrected chi connectivity index (χ0v) is 15.8. The molecule has 2 aromatic carbocycles. The number of rotatable bonds is 5. The maximum atomic E-state index is 7.92. The predicted molar refractivity (Wildman–Crippen MR) is 102 cm³/mol. The summed E-state index contributed by atoms with van der Waals surface area (Å²) in [6, 6.07) is 13.8. The van der Waals surface area contributed by atoms with E-state index in [1.807, 2.05) is 24.3 Å². The van der Waals surface area contributed by atoms with E-state index in [0.717, 1.165) is 24.4 Å². The maximum Gasteiger partial charge on any atom is 0.212 e. The molecule has 1 saturated heterocycles. The highest BCUT2D eigenvalue weighted by molar-refractivity contribution is 6.31. The van der Waals surface area contributed by atoms with Crippen LogP contribution in [0.25, 0.3) is 0 Å². The first-order valence-electron chi connectivity index (χ1n) is 8.49. The molecule has 26 heavy (non-hydrogen) atoms. The van der Waals surface area contributed by atoms with E-state index in [1.165, 1.54) is 12.7 Å². The van der Waals surface area contributed by atoms with Gasteiger partial charge in [-0.25, -0.2) is 0 Å². The van der Waals surface area contributed by atoms with Crippen LogP contribution in [0.5, 0.6) is 5.75 Å². The molecule has 2 aromatic rings. The van der Waals surface area contributed by atoms with Gasteiger partial charge in [0.25, 0.3) is 0 Å². The fourth-order valence-corrected chi connectivity index (χ4v) is 3.40. The normalized spacial score (nSPS) is 17.7. The van der Waals surface area contributed by atoms with Crippen molar-refractivity contribution in [2.45, 2.75) is 12.6 Å². The Kier molecular flexibility index (Phi) is 6.14. The highest BCUT2D eigenvalue weighted by Gasteiger charge is 2.25. The van der Waals surface area contributed by atoms with Crippen LogP contribution in [0.15, 0.2) is 42.5 Å². The summed E-state index contributed by atoms with van der Waals surface area (Å²) in [7, 11) is 3.16. The van der Waals surface area contributed by atoms with Crippen molar-refractivity contribution in [1.82, 2.24) is 4.90 Å². The van der Waals surface area contributed by atoms with E-state index in [-0.39, 0.29) is 11.9 Å². The molecule has 5 nitrogen and oxygen atoms in total. The van der Waals surface area contributed by atoms with Crippen LogP contribution >= 0.6 is 11.6 Å². The Balaban J connectivity index is 1.84. The number of halogens is 1. The minimum atomic E-state index is 0.0768. The van der Waals surface area contributed by atoms with Crippen molar-refractivity contribution in [1.29, 1.82) is 5.41 Å². The second-order valence-corrected chi connectivity index (χ2v) is 6.65. The number of ether oxygens (including phenoxy) is 3. The Morgan fingerprint density at radius 1 is 1.23 bits per heavy atom. The van der Waals surface area contributed by atoms with Gasteiger partial charge in [0.15, 0.2) is 0 Å². The lowest BCUT2D eigenvalue weighted by Gasteiger charge is -2.36. The number of benzene rings is 2. The molecule has 1 aliphatic heterocycles. The first-order chi connectivity index (χ1) is 12.6. The van der Waals surface area contributed by atoms with E-state index in [9.17, 15) is 0 Å². The number of methoxy groups -OCH3 is 2. The van der Waals surface area contributed by atoms with Crippen molar-refractivity contribution in [3.8, 4) is 5.75 Å². The predicted octanol–water partition coefficient (Wildman–Crippen LogP) is 3.89. The average molecular weight is 375 g/mol. The van der Waals surface area contributed by atoms with Gasteiger partial charge in [-0.05, 0) is 41.5 Å². The van der Waals surface area contributed by atoms with E-state index in [2.05, 4.69) is 17.0 Å². The zero-order chi connectivity index (χ0) is 18.5. The summed E-state index contributed by atoms with van der Waals surface area (Å²) in [4.78, 5) is 2.37. The molecule has 6 heteroatoms. The molecule has 1 atom stereocenters. The van der Waals surface area contributed by atoms with Gasteiger partial charge < -0.3 is 14.2 Å². The molecule has 0 aliphatic carbocycles. The van der Waals surface area contributed by atoms with Crippen LogP contribution in [-0.4, -0.2) is 44.8 Å². The molecule has 0 spiro atoms. The topological polar surface area (TPSA) is 54.8 Å². The van der Waals surface area contributed by atoms with E-state index in [1.54, 1.807) is 13.2 Å². The number of nitrogens with zero attached hydrogens (tertiary/aromatic N) is 1. The summed E-state index contributed by atoms with van der Waals surface area (Å²) >= 11 is 6.29. The fraction of sp³-hybridized carbons (Fsp3) is 0.350. The van der Waals surface area contributed by atoms with Crippen LogP contribution in [0.1, 0.15) is 22.7 Å². The Bertz CT molecular complexity index is 764. The van der Waals surface area contributed by atoms with Crippen molar-refractivity contribution in [3.63, 3.8) is 0 Å². The standard InChI is InChI=1S/C20H23ClN2O3/c1-24-18-5-3-14(4-6-18)12-23-7-8-26-13-19(23)15-9-16(20(22)25-2)11-17(21)10-15/h3-6,9-11,19,22H,7-8,12-13H2,1-2H3/t19-/m0/s1. The molecule has 1 heterocycles. The Morgan fingerprint density at radius 3 is 2.69 bits per heavy atom. The van der Waals surface area contributed by atoms with Crippen LogP contribution in [0.2, 0.25) is 5.02 Å². The first kappa shape index (κ1) is 18.7. The van der Waals surface area contributed by atoms with Gasteiger partial charge in [0.2, 0.25) is 5.90 Å². The number of hydrogen-bond donors (Lipinski definition) is 1. The summed E-state index contributed by atoms with van der Waals surface area (Å²) in [6.07, 6.45) is 0. The molecule has 3 rings (SSSR count). The van der Waals surface area contributed by atoms with Gasteiger partial charge in [0.1, 0.15) is 5.75 Å². The van der Waals surface area contributed by atoms with Gasteiger partial charge in [-0.15, -0.1) is 0 Å². The lowest BCUT2D eigenvalue weighted by molar-refractivity contribution is -0.0127. The Hall–Kier alpha value is -2.08. The van der Waals surface area contributed by atoms with Gasteiger partial charge in [-0.3, -0.25) is 10.3 Å². The summed E-state index contributed by atoms with van der Waals surface area (Å²) in [5.41, 5.74) is 2.91. The third kappa shape index (κ3) is 4.36. The molecule has 0 saturated carbocycles. The molecule has 1 fully saturated rings. The van der Waals surface area contributed by atoms with E-state index < -0.39 is 0 Å². The molecular weight excluding hydrogens is 352 g/mol. The number of hydrogen-bond acceptors (Lipinski definition) is 5. The molecule has 0 aromatic heterocycles. The molecule has 0 unspecified atom stereocenters. The van der Waals surface area contributed by atoms with Gasteiger partial charge in [-0.2, -0.15) is 0 Å². The molecule has 138 valence electrons. The second-order valence-electron chi connectivity index (χ2n) is 6.22. The zero-order valence-electron chi connectivity index (χ0n) is 15.0. The maximum absolute atomic E-state index is 7.92. The Morgan fingerprint density at radius 2 is 2.00 bits per heavy atom.